The fourth-order valence-electron chi connectivity index (χ4n) is 2.01. The molecule has 2 N–H and O–H groups in total. The van der Waals surface area contributed by atoms with Gasteiger partial charge in [-0.25, -0.2) is 0 Å². The number of hydrogen-bond acceptors (Lipinski definition) is 2. The van der Waals surface area contributed by atoms with E-state index in [1.165, 1.54) is 24.8 Å². The zero-order valence-corrected chi connectivity index (χ0v) is 13.3. The molecule has 0 saturated heterocycles. The van der Waals surface area contributed by atoms with Crippen LogP contribution in [0, 0.1) is 0 Å². The summed E-state index contributed by atoms with van der Waals surface area (Å²) >= 11 is 3.62. The largest absolute Gasteiger partial charge is 0.399 e. The Bertz CT molecular complexity index is 366. The molecule has 1 atom stereocenters. The van der Waals surface area contributed by atoms with Crippen LogP contribution in [0.15, 0.2) is 22.7 Å². The maximum atomic E-state index is 5.87. The zero-order chi connectivity index (χ0) is 13.5. The summed E-state index contributed by atoms with van der Waals surface area (Å²) in [6, 6.07) is 6.67. The van der Waals surface area contributed by atoms with Gasteiger partial charge in [0.05, 0.1) is 0 Å². The number of rotatable bonds is 7. The van der Waals surface area contributed by atoms with Crippen molar-refractivity contribution in [2.24, 2.45) is 0 Å². The van der Waals surface area contributed by atoms with Crippen LogP contribution in [-0.4, -0.2) is 17.5 Å². The number of anilines is 1. The minimum atomic E-state index is 0.616. The van der Waals surface area contributed by atoms with E-state index in [9.17, 15) is 0 Å². The fourth-order valence-corrected chi connectivity index (χ4v) is 2.38. The highest BCUT2D eigenvalue weighted by Gasteiger charge is 2.13. The summed E-state index contributed by atoms with van der Waals surface area (Å²) in [6.07, 6.45) is 3.68. The Kier molecular flexibility index (Phi) is 6.72. The van der Waals surface area contributed by atoms with E-state index in [4.69, 9.17) is 5.73 Å². The van der Waals surface area contributed by atoms with Gasteiger partial charge in [-0.2, -0.15) is 0 Å². The van der Waals surface area contributed by atoms with E-state index in [-0.39, 0.29) is 0 Å². The molecule has 0 saturated carbocycles. The molecular formula is C15H25BrN2. The Balaban J connectivity index is 2.77. The predicted octanol–water partition coefficient (Wildman–Crippen LogP) is 4.43. The smallest absolute Gasteiger partial charge is 0.0318 e. The molecule has 102 valence electrons. The summed E-state index contributed by atoms with van der Waals surface area (Å²) in [6.45, 7) is 8.92. The van der Waals surface area contributed by atoms with Gasteiger partial charge in [0, 0.05) is 22.7 Å². The normalized spacial score (nSPS) is 12.9. The number of halogens is 1. The molecule has 0 amide bonds. The highest BCUT2D eigenvalue weighted by atomic mass is 79.9. The number of nitrogens with two attached hydrogens (primary N) is 1. The molecule has 0 spiro atoms. The van der Waals surface area contributed by atoms with Crippen molar-refractivity contribution in [1.29, 1.82) is 0 Å². The second-order valence-corrected chi connectivity index (χ2v) is 5.79. The number of unbranched alkanes of at least 4 members (excludes halogenated alkanes) is 1. The molecule has 0 heterocycles. The second kappa shape index (κ2) is 7.80. The van der Waals surface area contributed by atoms with Gasteiger partial charge < -0.3 is 5.73 Å². The molecule has 2 nitrogen and oxygen atoms in total. The molecule has 0 aliphatic heterocycles. The maximum Gasteiger partial charge on any atom is 0.0318 e. The average molecular weight is 313 g/mol. The third-order valence-electron chi connectivity index (χ3n) is 3.46. The highest BCUT2D eigenvalue weighted by molar-refractivity contribution is 9.10. The molecule has 0 aliphatic rings. The molecule has 0 bridgehead atoms. The van der Waals surface area contributed by atoms with Crippen molar-refractivity contribution in [3.63, 3.8) is 0 Å². The summed E-state index contributed by atoms with van der Waals surface area (Å²) in [4.78, 5) is 2.54. The number of benzene rings is 1. The van der Waals surface area contributed by atoms with Gasteiger partial charge in [0.1, 0.15) is 0 Å². The topological polar surface area (TPSA) is 29.3 Å². The van der Waals surface area contributed by atoms with E-state index in [0.29, 0.717) is 6.04 Å². The van der Waals surface area contributed by atoms with Crippen molar-refractivity contribution in [2.45, 2.75) is 52.6 Å². The molecule has 0 fully saturated rings. The standard InChI is InChI=1S/C15H25BrN2/c1-4-6-9-18(12(3)5-2)11-13-10-14(17)7-8-15(13)16/h7-8,10,12H,4-6,9,11,17H2,1-3H3. The van der Waals surface area contributed by atoms with E-state index in [2.05, 4.69) is 47.7 Å². The lowest BCUT2D eigenvalue weighted by atomic mass is 10.1. The van der Waals surface area contributed by atoms with Gasteiger partial charge in [-0.05, 0) is 50.1 Å². The molecular weight excluding hydrogens is 288 g/mol. The summed E-state index contributed by atoms with van der Waals surface area (Å²) in [7, 11) is 0. The molecule has 3 heteroatoms. The van der Waals surface area contributed by atoms with Crippen molar-refractivity contribution >= 4 is 21.6 Å². The van der Waals surface area contributed by atoms with Gasteiger partial charge in [0.25, 0.3) is 0 Å². The average Bonchev–Trinajstić information content (AvgIpc) is 2.37. The summed E-state index contributed by atoms with van der Waals surface area (Å²) < 4.78 is 1.15. The Labute approximate surface area is 120 Å². The van der Waals surface area contributed by atoms with Gasteiger partial charge >= 0.3 is 0 Å². The van der Waals surface area contributed by atoms with E-state index >= 15 is 0 Å². The van der Waals surface area contributed by atoms with Crippen LogP contribution in [-0.2, 0) is 6.54 Å². The number of nitrogen functional groups attached to an aromatic ring is 1. The van der Waals surface area contributed by atoms with Gasteiger partial charge in [0.15, 0.2) is 0 Å². The summed E-state index contributed by atoms with van der Waals surface area (Å²) in [5, 5.41) is 0. The predicted molar refractivity (Wildman–Crippen MR) is 83.6 cm³/mol. The minimum absolute atomic E-state index is 0.616. The molecule has 0 aromatic heterocycles. The third-order valence-corrected chi connectivity index (χ3v) is 4.23. The Morgan fingerprint density at radius 2 is 2.06 bits per heavy atom. The lowest BCUT2D eigenvalue weighted by molar-refractivity contribution is 0.192. The third kappa shape index (κ3) is 4.62. The minimum Gasteiger partial charge on any atom is -0.399 e. The van der Waals surface area contributed by atoms with Crippen LogP contribution in [0.5, 0.6) is 0 Å². The van der Waals surface area contributed by atoms with Crippen molar-refractivity contribution in [3.8, 4) is 0 Å². The van der Waals surface area contributed by atoms with Gasteiger partial charge in [-0.3, -0.25) is 4.90 Å². The fraction of sp³-hybridized carbons (Fsp3) is 0.600. The highest BCUT2D eigenvalue weighted by Crippen LogP contribution is 2.22. The van der Waals surface area contributed by atoms with Crippen molar-refractivity contribution < 1.29 is 0 Å². The van der Waals surface area contributed by atoms with Crippen molar-refractivity contribution in [3.05, 3.63) is 28.2 Å². The molecule has 1 unspecified atom stereocenters. The van der Waals surface area contributed by atoms with Gasteiger partial charge in [0.2, 0.25) is 0 Å². The Hall–Kier alpha value is -0.540. The Morgan fingerprint density at radius 1 is 1.33 bits per heavy atom. The van der Waals surface area contributed by atoms with E-state index in [1.807, 2.05) is 12.1 Å². The molecule has 1 aromatic rings. The summed E-state index contributed by atoms with van der Waals surface area (Å²) in [5.41, 5.74) is 8.00. The first-order valence-electron chi connectivity index (χ1n) is 6.86. The lowest BCUT2D eigenvalue weighted by Gasteiger charge is -2.29. The van der Waals surface area contributed by atoms with Crippen LogP contribution < -0.4 is 5.73 Å². The van der Waals surface area contributed by atoms with Crippen LogP contribution in [0.3, 0.4) is 0 Å². The van der Waals surface area contributed by atoms with Crippen LogP contribution in [0.1, 0.15) is 45.6 Å². The quantitative estimate of drug-likeness (QED) is 0.754. The first-order valence-corrected chi connectivity index (χ1v) is 7.65. The van der Waals surface area contributed by atoms with Gasteiger partial charge in [-0.1, -0.05) is 36.2 Å². The number of hydrogen-bond donors (Lipinski definition) is 1. The molecule has 1 aromatic carbocycles. The van der Waals surface area contributed by atoms with E-state index in [1.54, 1.807) is 0 Å². The maximum absolute atomic E-state index is 5.87. The lowest BCUT2D eigenvalue weighted by Crippen LogP contribution is -2.33. The van der Waals surface area contributed by atoms with Crippen LogP contribution in [0.2, 0.25) is 0 Å². The van der Waals surface area contributed by atoms with Crippen molar-refractivity contribution in [1.82, 2.24) is 4.90 Å². The Morgan fingerprint density at radius 3 is 2.67 bits per heavy atom. The first kappa shape index (κ1) is 15.5. The molecule has 0 aliphatic carbocycles. The second-order valence-electron chi connectivity index (χ2n) is 4.93. The van der Waals surface area contributed by atoms with Crippen molar-refractivity contribution in [2.75, 3.05) is 12.3 Å². The molecule has 0 radical (unpaired) electrons. The van der Waals surface area contributed by atoms with Crippen LogP contribution in [0.25, 0.3) is 0 Å². The molecule has 1 rings (SSSR count). The van der Waals surface area contributed by atoms with Crippen LogP contribution in [0.4, 0.5) is 5.69 Å². The van der Waals surface area contributed by atoms with E-state index in [0.717, 1.165) is 23.2 Å². The van der Waals surface area contributed by atoms with E-state index < -0.39 is 0 Å². The SMILES string of the molecule is CCCCN(Cc1cc(N)ccc1Br)C(C)CC. The zero-order valence-electron chi connectivity index (χ0n) is 11.7. The number of nitrogens with zero attached hydrogens (tertiary/aromatic N) is 1. The van der Waals surface area contributed by atoms with Gasteiger partial charge in [-0.15, -0.1) is 0 Å². The molecule has 18 heavy (non-hydrogen) atoms. The van der Waals surface area contributed by atoms with Crippen LogP contribution >= 0.6 is 15.9 Å². The summed E-state index contributed by atoms with van der Waals surface area (Å²) in [5.74, 6) is 0. The monoisotopic (exact) mass is 312 g/mol. The first-order chi connectivity index (χ1) is 8.58.